The zero-order chi connectivity index (χ0) is 18.4. The highest BCUT2D eigenvalue weighted by atomic mass is 16.5. The lowest BCUT2D eigenvalue weighted by atomic mass is 10.1. The molecule has 0 unspecified atom stereocenters. The minimum Gasteiger partial charge on any atom is -0.497 e. The number of ether oxygens (including phenoxy) is 1. The van der Waals surface area contributed by atoms with Crippen LogP contribution >= 0.6 is 0 Å². The smallest absolute Gasteiger partial charge is 0.262 e. The zero-order valence-corrected chi connectivity index (χ0v) is 14.0. The Morgan fingerprint density at radius 1 is 1.38 bits per heavy atom. The second kappa shape index (κ2) is 7.85. The number of rotatable bonds is 6. The normalized spacial score (nSPS) is 11.0. The summed E-state index contributed by atoms with van der Waals surface area (Å²) in [6.07, 6.45) is 4.59. The topological polar surface area (TPSA) is 104 Å². The number of aromatic amines is 1. The van der Waals surface area contributed by atoms with Gasteiger partial charge in [-0.1, -0.05) is 0 Å². The molecule has 0 bridgehead atoms. The Morgan fingerprint density at radius 2 is 2.19 bits per heavy atom. The number of nitrogens with zero attached hydrogens (tertiary/aromatic N) is 2. The first-order chi connectivity index (χ1) is 12.7. The fraction of sp³-hybridized carbons (Fsp3) is 0.105. The van der Waals surface area contributed by atoms with Gasteiger partial charge in [-0.2, -0.15) is 10.4 Å². The van der Waals surface area contributed by atoms with Gasteiger partial charge >= 0.3 is 0 Å². The van der Waals surface area contributed by atoms with E-state index in [-0.39, 0.29) is 12.1 Å². The maximum Gasteiger partial charge on any atom is 0.262 e. The maximum absolute atomic E-state index is 12.2. The molecule has 0 atom stereocenters. The number of benzene rings is 1. The highest BCUT2D eigenvalue weighted by Gasteiger charge is 2.13. The van der Waals surface area contributed by atoms with Gasteiger partial charge in [0.2, 0.25) is 0 Å². The van der Waals surface area contributed by atoms with E-state index in [1.807, 2.05) is 30.3 Å². The minimum atomic E-state index is -0.481. The summed E-state index contributed by atoms with van der Waals surface area (Å²) in [7, 11) is 1.60. The van der Waals surface area contributed by atoms with Gasteiger partial charge in [-0.15, -0.1) is 0 Å². The quantitative estimate of drug-likeness (QED) is 0.526. The van der Waals surface area contributed by atoms with Crippen LogP contribution < -0.4 is 10.1 Å². The van der Waals surface area contributed by atoms with Gasteiger partial charge in [-0.05, 0) is 42.5 Å². The van der Waals surface area contributed by atoms with Crippen molar-refractivity contribution < 1.29 is 13.9 Å². The highest BCUT2D eigenvalue weighted by molar-refractivity contribution is 6.02. The molecule has 2 aromatic heterocycles. The molecule has 26 heavy (non-hydrogen) atoms. The number of methoxy groups -OCH3 is 1. The molecule has 0 fully saturated rings. The number of furan rings is 1. The summed E-state index contributed by atoms with van der Waals surface area (Å²) >= 11 is 0. The fourth-order valence-electron chi connectivity index (χ4n) is 2.37. The molecular weight excluding hydrogens is 332 g/mol. The summed E-state index contributed by atoms with van der Waals surface area (Å²) in [6, 6.07) is 12.8. The van der Waals surface area contributed by atoms with Crippen molar-refractivity contribution in [2.45, 2.75) is 6.54 Å². The Balaban J connectivity index is 1.80. The second-order valence-electron chi connectivity index (χ2n) is 5.36. The molecule has 7 nitrogen and oxygen atoms in total. The SMILES string of the molecule is COc1ccc(-c2[nH]ncc2/C=C(/C#N)C(=O)NCc2ccco2)cc1. The van der Waals surface area contributed by atoms with Gasteiger partial charge in [0.15, 0.2) is 0 Å². The van der Waals surface area contributed by atoms with Crippen molar-refractivity contribution in [3.05, 3.63) is 65.8 Å². The fourth-order valence-corrected chi connectivity index (χ4v) is 2.37. The Morgan fingerprint density at radius 3 is 2.85 bits per heavy atom. The molecule has 0 spiro atoms. The first-order valence-corrected chi connectivity index (χ1v) is 7.81. The van der Waals surface area contributed by atoms with Crippen LogP contribution in [0.4, 0.5) is 0 Å². The highest BCUT2D eigenvalue weighted by Crippen LogP contribution is 2.25. The predicted octanol–water partition coefficient (Wildman–Crippen LogP) is 2.90. The predicted molar refractivity (Wildman–Crippen MR) is 94.7 cm³/mol. The zero-order valence-electron chi connectivity index (χ0n) is 14.0. The van der Waals surface area contributed by atoms with Crippen LogP contribution in [0.2, 0.25) is 0 Å². The lowest BCUT2D eigenvalue weighted by molar-refractivity contribution is -0.117. The molecule has 0 saturated heterocycles. The number of H-pyrrole nitrogens is 1. The lowest BCUT2D eigenvalue weighted by Gasteiger charge is -2.04. The van der Waals surface area contributed by atoms with Gasteiger partial charge in [-0.25, -0.2) is 0 Å². The average molecular weight is 348 g/mol. The van der Waals surface area contributed by atoms with E-state index in [1.165, 1.54) is 12.3 Å². The average Bonchev–Trinajstić information content (AvgIpc) is 3.36. The van der Waals surface area contributed by atoms with Crippen LogP contribution in [0.15, 0.2) is 58.8 Å². The molecule has 0 saturated carbocycles. The lowest BCUT2D eigenvalue weighted by Crippen LogP contribution is -2.23. The first-order valence-electron chi connectivity index (χ1n) is 7.81. The second-order valence-corrected chi connectivity index (χ2v) is 5.36. The van der Waals surface area contributed by atoms with Crippen LogP contribution in [0.1, 0.15) is 11.3 Å². The van der Waals surface area contributed by atoms with E-state index in [4.69, 9.17) is 9.15 Å². The van der Waals surface area contributed by atoms with E-state index in [0.29, 0.717) is 17.0 Å². The van der Waals surface area contributed by atoms with Gasteiger partial charge in [0.25, 0.3) is 5.91 Å². The van der Waals surface area contributed by atoms with Crippen molar-refractivity contribution in [2.24, 2.45) is 0 Å². The third-order valence-electron chi connectivity index (χ3n) is 3.72. The maximum atomic E-state index is 12.2. The summed E-state index contributed by atoms with van der Waals surface area (Å²) < 4.78 is 10.3. The molecule has 2 heterocycles. The summed E-state index contributed by atoms with van der Waals surface area (Å²) in [5.74, 6) is 0.865. The van der Waals surface area contributed by atoms with E-state index in [2.05, 4.69) is 15.5 Å². The van der Waals surface area contributed by atoms with Crippen molar-refractivity contribution in [1.82, 2.24) is 15.5 Å². The molecule has 1 aromatic carbocycles. The molecule has 1 amide bonds. The summed E-state index contributed by atoms with van der Waals surface area (Å²) in [4.78, 5) is 12.2. The number of nitrogens with one attached hydrogen (secondary N) is 2. The van der Waals surface area contributed by atoms with Crippen molar-refractivity contribution >= 4 is 12.0 Å². The molecule has 130 valence electrons. The minimum absolute atomic E-state index is 0.0206. The molecule has 0 radical (unpaired) electrons. The monoisotopic (exact) mass is 348 g/mol. The summed E-state index contributed by atoms with van der Waals surface area (Å²) in [5, 5.41) is 18.9. The molecule has 3 aromatic rings. The number of hydrogen-bond acceptors (Lipinski definition) is 5. The molecule has 3 rings (SSSR count). The molecule has 0 aliphatic rings. The van der Waals surface area contributed by atoms with E-state index in [1.54, 1.807) is 25.4 Å². The van der Waals surface area contributed by atoms with Gasteiger partial charge in [0, 0.05) is 11.1 Å². The number of aromatic nitrogens is 2. The number of amides is 1. The first kappa shape index (κ1) is 17.0. The van der Waals surface area contributed by atoms with Crippen molar-refractivity contribution in [2.75, 3.05) is 7.11 Å². The standard InChI is InChI=1S/C19H16N4O3/c1-25-16-6-4-13(5-7-16)18-15(11-22-23-18)9-14(10-20)19(24)21-12-17-3-2-8-26-17/h2-9,11H,12H2,1H3,(H,21,24)(H,22,23)/b14-9-. The Hall–Kier alpha value is -3.79. The van der Waals surface area contributed by atoms with Crippen LogP contribution in [0.5, 0.6) is 5.75 Å². The van der Waals surface area contributed by atoms with Gasteiger partial charge < -0.3 is 14.5 Å². The van der Waals surface area contributed by atoms with E-state index >= 15 is 0 Å². The van der Waals surface area contributed by atoms with E-state index < -0.39 is 5.91 Å². The molecule has 2 N–H and O–H groups in total. The number of nitriles is 1. The third-order valence-corrected chi connectivity index (χ3v) is 3.72. The molecule has 7 heteroatoms. The van der Waals surface area contributed by atoms with Crippen molar-refractivity contribution in [1.29, 1.82) is 5.26 Å². The summed E-state index contributed by atoms with van der Waals surface area (Å²) in [5.41, 5.74) is 2.19. The third kappa shape index (κ3) is 3.82. The Labute approximate surface area is 149 Å². The number of carbonyl (C=O) groups is 1. The van der Waals surface area contributed by atoms with Crippen molar-refractivity contribution in [3.8, 4) is 23.1 Å². The van der Waals surface area contributed by atoms with Crippen LogP contribution in [0.3, 0.4) is 0 Å². The van der Waals surface area contributed by atoms with Crippen LogP contribution in [-0.2, 0) is 11.3 Å². The molecule has 0 aliphatic heterocycles. The largest absolute Gasteiger partial charge is 0.497 e. The number of hydrogen-bond donors (Lipinski definition) is 2. The van der Waals surface area contributed by atoms with Gasteiger partial charge in [0.1, 0.15) is 23.2 Å². The molecular formula is C19H16N4O3. The van der Waals surface area contributed by atoms with Crippen LogP contribution in [-0.4, -0.2) is 23.2 Å². The Bertz CT molecular complexity index is 948. The van der Waals surface area contributed by atoms with Gasteiger partial charge in [-0.3, -0.25) is 9.89 Å². The van der Waals surface area contributed by atoms with Gasteiger partial charge in [0.05, 0.1) is 31.8 Å². The van der Waals surface area contributed by atoms with Crippen LogP contribution in [0.25, 0.3) is 17.3 Å². The number of carbonyl (C=O) groups excluding carboxylic acids is 1. The van der Waals surface area contributed by atoms with E-state index in [0.717, 1.165) is 11.3 Å². The summed E-state index contributed by atoms with van der Waals surface area (Å²) in [6.45, 7) is 0.210. The molecule has 0 aliphatic carbocycles. The van der Waals surface area contributed by atoms with E-state index in [9.17, 15) is 10.1 Å². The Kier molecular flexibility index (Phi) is 5.15. The van der Waals surface area contributed by atoms with Crippen molar-refractivity contribution in [3.63, 3.8) is 0 Å². The van der Waals surface area contributed by atoms with Crippen LogP contribution in [0, 0.1) is 11.3 Å².